The smallest absolute Gasteiger partial charge is 0.0681 e. The fourth-order valence-electron chi connectivity index (χ4n) is 1.51. The molecule has 0 aromatic heterocycles. The molecule has 0 bridgehead atoms. The zero-order chi connectivity index (χ0) is 11.3. The molecule has 2 heteroatoms. The van der Waals surface area contributed by atoms with Crippen molar-refractivity contribution >= 4 is 0 Å². The minimum atomic E-state index is 0.126. The molecule has 1 atom stereocenters. The summed E-state index contributed by atoms with van der Waals surface area (Å²) in [6.45, 7) is 5.54. The van der Waals surface area contributed by atoms with Gasteiger partial charge in [0.1, 0.15) is 0 Å². The molecule has 1 aromatic carbocycles. The van der Waals surface area contributed by atoms with Crippen LogP contribution in [0, 0.1) is 0 Å². The summed E-state index contributed by atoms with van der Waals surface area (Å²) in [5.41, 5.74) is 2.28. The summed E-state index contributed by atoms with van der Waals surface area (Å²) in [6, 6.07) is 8.76. The maximum Gasteiger partial charge on any atom is 0.0681 e. The van der Waals surface area contributed by atoms with E-state index in [0.29, 0.717) is 6.04 Å². The molecule has 1 N–H and O–H groups in total. The van der Waals surface area contributed by atoms with Gasteiger partial charge in [-0.1, -0.05) is 31.2 Å². The number of nitrogens with zero attached hydrogens (tertiary/aromatic N) is 1. The Balaban J connectivity index is 2.57. The van der Waals surface area contributed by atoms with E-state index in [1.807, 2.05) is 12.1 Å². The van der Waals surface area contributed by atoms with Gasteiger partial charge in [-0.05, 0) is 31.5 Å². The van der Waals surface area contributed by atoms with Gasteiger partial charge < -0.3 is 5.11 Å². The highest BCUT2D eigenvalue weighted by atomic mass is 16.3. The molecule has 0 heterocycles. The Labute approximate surface area is 92.5 Å². The largest absolute Gasteiger partial charge is 0.392 e. The maximum atomic E-state index is 8.93. The monoisotopic (exact) mass is 207 g/mol. The van der Waals surface area contributed by atoms with Crippen molar-refractivity contribution < 1.29 is 5.11 Å². The van der Waals surface area contributed by atoms with E-state index in [1.165, 1.54) is 12.0 Å². The van der Waals surface area contributed by atoms with Crippen LogP contribution in [0.25, 0.3) is 0 Å². The summed E-state index contributed by atoms with van der Waals surface area (Å²) >= 11 is 0. The van der Waals surface area contributed by atoms with E-state index in [9.17, 15) is 0 Å². The molecule has 0 aliphatic heterocycles. The molecule has 0 saturated heterocycles. The molecule has 0 aliphatic rings. The third kappa shape index (κ3) is 3.65. The molecule has 15 heavy (non-hydrogen) atoms. The molecule has 0 aliphatic carbocycles. The second kappa shape index (κ2) is 5.89. The van der Waals surface area contributed by atoms with Crippen LogP contribution in [-0.2, 0) is 13.2 Å². The lowest BCUT2D eigenvalue weighted by Gasteiger charge is -2.23. The molecule has 1 rings (SSSR count). The lowest BCUT2D eigenvalue weighted by atomic mass is 10.1. The summed E-state index contributed by atoms with van der Waals surface area (Å²) in [6.07, 6.45) is 1.17. The van der Waals surface area contributed by atoms with Gasteiger partial charge >= 0.3 is 0 Å². The van der Waals surface area contributed by atoms with Crippen LogP contribution < -0.4 is 0 Å². The van der Waals surface area contributed by atoms with Gasteiger partial charge in [0.2, 0.25) is 0 Å². The van der Waals surface area contributed by atoms with Crippen molar-refractivity contribution in [3.05, 3.63) is 35.4 Å². The average molecular weight is 207 g/mol. The van der Waals surface area contributed by atoms with Crippen LogP contribution in [0.15, 0.2) is 24.3 Å². The van der Waals surface area contributed by atoms with Crippen molar-refractivity contribution in [2.75, 3.05) is 7.05 Å². The lowest BCUT2D eigenvalue weighted by Crippen LogP contribution is -2.27. The molecule has 0 radical (unpaired) electrons. The standard InChI is InChI=1S/C13H21NO/c1-4-11(2)14(3)9-12-5-7-13(10-15)8-6-12/h5-8,11,15H,4,9-10H2,1-3H3. The average Bonchev–Trinajstić information content (AvgIpc) is 2.29. The highest BCUT2D eigenvalue weighted by Crippen LogP contribution is 2.09. The van der Waals surface area contributed by atoms with Gasteiger partial charge in [-0.25, -0.2) is 0 Å². The molecule has 0 amide bonds. The van der Waals surface area contributed by atoms with Crippen molar-refractivity contribution in [1.29, 1.82) is 0 Å². The van der Waals surface area contributed by atoms with Crippen LogP contribution in [-0.4, -0.2) is 23.1 Å². The molecule has 0 spiro atoms. The second-order valence-electron chi connectivity index (χ2n) is 4.15. The summed E-state index contributed by atoms with van der Waals surface area (Å²) in [5, 5.41) is 8.93. The van der Waals surface area contributed by atoms with E-state index in [4.69, 9.17) is 5.11 Å². The third-order valence-electron chi connectivity index (χ3n) is 2.98. The third-order valence-corrected chi connectivity index (χ3v) is 2.98. The quantitative estimate of drug-likeness (QED) is 0.801. The van der Waals surface area contributed by atoms with Crippen molar-refractivity contribution in [2.24, 2.45) is 0 Å². The van der Waals surface area contributed by atoms with Gasteiger partial charge in [-0.3, -0.25) is 4.90 Å². The Morgan fingerprint density at radius 2 is 1.73 bits per heavy atom. The fourth-order valence-corrected chi connectivity index (χ4v) is 1.51. The van der Waals surface area contributed by atoms with E-state index >= 15 is 0 Å². The Morgan fingerprint density at radius 1 is 1.20 bits per heavy atom. The number of aliphatic hydroxyl groups is 1. The fraction of sp³-hybridized carbons (Fsp3) is 0.538. The van der Waals surface area contributed by atoms with Crippen molar-refractivity contribution in [2.45, 2.75) is 39.5 Å². The number of rotatable bonds is 5. The number of aliphatic hydroxyl groups excluding tert-OH is 1. The molecule has 1 aromatic rings. The van der Waals surface area contributed by atoms with Gasteiger partial charge in [0.15, 0.2) is 0 Å². The minimum Gasteiger partial charge on any atom is -0.392 e. The van der Waals surface area contributed by atoms with Crippen molar-refractivity contribution in [1.82, 2.24) is 4.90 Å². The minimum absolute atomic E-state index is 0.126. The van der Waals surface area contributed by atoms with Crippen molar-refractivity contribution in [3.8, 4) is 0 Å². The van der Waals surface area contributed by atoms with E-state index in [0.717, 1.165) is 12.1 Å². The highest BCUT2D eigenvalue weighted by Gasteiger charge is 2.06. The van der Waals surface area contributed by atoms with Gasteiger partial charge in [0.05, 0.1) is 6.61 Å². The second-order valence-corrected chi connectivity index (χ2v) is 4.15. The zero-order valence-corrected chi connectivity index (χ0v) is 9.90. The van der Waals surface area contributed by atoms with Crippen molar-refractivity contribution in [3.63, 3.8) is 0 Å². The van der Waals surface area contributed by atoms with Gasteiger partial charge in [0.25, 0.3) is 0 Å². The number of hydrogen-bond donors (Lipinski definition) is 1. The Bertz CT molecular complexity index is 281. The molecule has 84 valence electrons. The SMILES string of the molecule is CCC(C)N(C)Cc1ccc(CO)cc1. The van der Waals surface area contributed by atoms with Crippen LogP contribution in [0.1, 0.15) is 31.4 Å². The van der Waals surface area contributed by atoms with E-state index in [-0.39, 0.29) is 6.61 Å². The summed E-state index contributed by atoms with van der Waals surface area (Å²) in [7, 11) is 2.15. The van der Waals surface area contributed by atoms with Crippen LogP contribution in [0.4, 0.5) is 0 Å². The summed E-state index contributed by atoms with van der Waals surface area (Å²) < 4.78 is 0. The Hall–Kier alpha value is -0.860. The van der Waals surface area contributed by atoms with E-state index in [1.54, 1.807) is 0 Å². The van der Waals surface area contributed by atoms with Gasteiger partial charge in [-0.2, -0.15) is 0 Å². The predicted molar refractivity (Wildman–Crippen MR) is 63.6 cm³/mol. The summed E-state index contributed by atoms with van der Waals surface area (Å²) in [5.74, 6) is 0. The number of hydrogen-bond acceptors (Lipinski definition) is 2. The van der Waals surface area contributed by atoms with Gasteiger partial charge in [0, 0.05) is 12.6 Å². The molecular formula is C13H21NO. The first-order valence-electron chi connectivity index (χ1n) is 5.56. The van der Waals surface area contributed by atoms with Crippen LogP contribution in [0.5, 0.6) is 0 Å². The number of benzene rings is 1. The zero-order valence-electron chi connectivity index (χ0n) is 9.90. The molecule has 2 nitrogen and oxygen atoms in total. The first kappa shape index (κ1) is 12.2. The van der Waals surface area contributed by atoms with Crippen LogP contribution in [0.3, 0.4) is 0 Å². The first-order valence-corrected chi connectivity index (χ1v) is 5.56. The Morgan fingerprint density at radius 3 is 2.20 bits per heavy atom. The lowest BCUT2D eigenvalue weighted by molar-refractivity contribution is 0.243. The normalized spacial score (nSPS) is 13.1. The molecular weight excluding hydrogens is 186 g/mol. The predicted octanol–water partition coefficient (Wildman–Crippen LogP) is 2.41. The van der Waals surface area contributed by atoms with Gasteiger partial charge in [-0.15, -0.1) is 0 Å². The Kier molecular flexibility index (Phi) is 4.79. The van der Waals surface area contributed by atoms with E-state index < -0.39 is 0 Å². The van der Waals surface area contributed by atoms with E-state index in [2.05, 4.69) is 37.9 Å². The van der Waals surface area contributed by atoms with Crippen LogP contribution >= 0.6 is 0 Å². The molecule has 0 fully saturated rings. The maximum absolute atomic E-state index is 8.93. The first-order chi connectivity index (χ1) is 7.17. The molecule has 0 saturated carbocycles. The highest BCUT2D eigenvalue weighted by molar-refractivity contribution is 5.21. The molecule has 1 unspecified atom stereocenters. The summed E-state index contributed by atoms with van der Waals surface area (Å²) in [4.78, 5) is 2.34. The topological polar surface area (TPSA) is 23.5 Å². The van der Waals surface area contributed by atoms with Crippen LogP contribution in [0.2, 0.25) is 0 Å².